The van der Waals surface area contributed by atoms with Crippen molar-refractivity contribution in [1.82, 2.24) is 9.80 Å². The lowest BCUT2D eigenvalue weighted by Crippen LogP contribution is -2.15. The summed E-state index contributed by atoms with van der Waals surface area (Å²) in [6, 6.07) is 10.9. The second-order valence-corrected chi connectivity index (χ2v) is 7.31. The second kappa shape index (κ2) is 8.99. The molecule has 2 rings (SSSR count). The zero-order valence-corrected chi connectivity index (χ0v) is 16.4. The SMILES string of the molecule is CN(C)Cc1cc(C(=O)/C=C/c2cccc(Cl)c2)cc(CN(C)C)c1O. The zero-order valence-electron chi connectivity index (χ0n) is 15.7. The van der Waals surface area contributed by atoms with Crippen molar-refractivity contribution in [2.75, 3.05) is 28.2 Å². The molecule has 0 bridgehead atoms. The first-order valence-electron chi connectivity index (χ1n) is 8.38. The number of phenolic OH excluding ortho intramolecular Hbond substituents is 1. The summed E-state index contributed by atoms with van der Waals surface area (Å²) in [6.07, 6.45) is 3.29. The van der Waals surface area contributed by atoms with E-state index in [-0.39, 0.29) is 11.5 Å². The number of allylic oxidation sites excluding steroid dienone is 1. The molecule has 0 saturated heterocycles. The predicted octanol–water partition coefficient (Wildman–Crippen LogP) is 4.06. The van der Waals surface area contributed by atoms with E-state index in [1.165, 1.54) is 6.08 Å². The quantitative estimate of drug-likeness (QED) is 0.588. The minimum absolute atomic E-state index is 0.106. The maximum absolute atomic E-state index is 12.7. The molecule has 0 unspecified atom stereocenters. The van der Waals surface area contributed by atoms with Gasteiger partial charge in [0.25, 0.3) is 0 Å². The van der Waals surface area contributed by atoms with Gasteiger partial charge in [0, 0.05) is 34.8 Å². The van der Waals surface area contributed by atoms with Crippen LogP contribution in [0.4, 0.5) is 0 Å². The fourth-order valence-corrected chi connectivity index (χ4v) is 2.90. The molecule has 0 aromatic heterocycles. The van der Waals surface area contributed by atoms with Crippen molar-refractivity contribution < 1.29 is 9.90 Å². The van der Waals surface area contributed by atoms with E-state index >= 15 is 0 Å². The van der Waals surface area contributed by atoms with Gasteiger partial charge in [0.05, 0.1) is 0 Å². The molecule has 0 atom stereocenters. The van der Waals surface area contributed by atoms with Crippen LogP contribution in [0.1, 0.15) is 27.0 Å². The maximum atomic E-state index is 12.7. The van der Waals surface area contributed by atoms with Gasteiger partial charge in [0.2, 0.25) is 0 Å². The van der Waals surface area contributed by atoms with Crippen molar-refractivity contribution in [1.29, 1.82) is 0 Å². The Morgan fingerprint density at radius 2 is 1.62 bits per heavy atom. The first kappa shape index (κ1) is 20.2. The fourth-order valence-electron chi connectivity index (χ4n) is 2.70. The van der Waals surface area contributed by atoms with Crippen molar-refractivity contribution in [3.63, 3.8) is 0 Å². The van der Waals surface area contributed by atoms with Crippen molar-refractivity contribution >= 4 is 23.5 Å². The minimum atomic E-state index is -0.106. The Bertz CT molecular complexity index is 782. The predicted molar refractivity (Wildman–Crippen MR) is 108 cm³/mol. The lowest BCUT2D eigenvalue weighted by molar-refractivity contribution is 0.104. The molecule has 0 saturated carbocycles. The number of benzene rings is 2. The molecule has 1 N–H and O–H groups in total. The number of carbonyl (C=O) groups excluding carboxylic acids is 1. The number of hydrogen-bond donors (Lipinski definition) is 1. The summed E-state index contributed by atoms with van der Waals surface area (Å²) in [4.78, 5) is 16.6. The van der Waals surface area contributed by atoms with E-state index in [4.69, 9.17) is 11.6 Å². The van der Waals surface area contributed by atoms with Crippen LogP contribution in [0.25, 0.3) is 6.08 Å². The highest BCUT2D eigenvalue weighted by atomic mass is 35.5. The molecular formula is C21H25ClN2O2. The molecule has 2 aromatic rings. The van der Waals surface area contributed by atoms with Crippen molar-refractivity contribution in [2.45, 2.75) is 13.1 Å². The van der Waals surface area contributed by atoms with Crippen LogP contribution in [-0.4, -0.2) is 48.9 Å². The molecular weight excluding hydrogens is 348 g/mol. The summed E-state index contributed by atoms with van der Waals surface area (Å²) < 4.78 is 0. The third-order valence-corrected chi connectivity index (χ3v) is 4.04. The molecule has 0 radical (unpaired) electrons. The van der Waals surface area contributed by atoms with E-state index in [1.54, 1.807) is 30.3 Å². The van der Waals surface area contributed by atoms with Crippen LogP contribution < -0.4 is 0 Å². The molecule has 0 aliphatic rings. The smallest absolute Gasteiger partial charge is 0.185 e. The van der Waals surface area contributed by atoms with E-state index in [9.17, 15) is 9.90 Å². The van der Waals surface area contributed by atoms with E-state index in [0.717, 1.165) is 16.7 Å². The van der Waals surface area contributed by atoms with Gasteiger partial charge in [-0.3, -0.25) is 4.79 Å². The zero-order chi connectivity index (χ0) is 19.3. The summed E-state index contributed by atoms with van der Waals surface area (Å²) in [5.74, 6) is 0.146. The molecule has 0 aliphatic carbocycles. The van der Waals surface area contributed by atoms with Crippen molar-refractivity contribution in [3.8, 4) is 5.75 Å². The van der Waals surface area contributed by atoms with Gasteiger partial charge in [-0.15, -0.1) is 0 Å². The van der Waals surface area contributed by atoms with E-state index in [1.807, 2.05) is 50.1 Å². The summed E-state index contributed by atoms with van der Waals surface area (Å²) in [5, 5.41) is 11.2. The second-order valence-electron chi connectivity index (χ2n) is 6.87. The van der Waals surface area contributed by atoms with Crippen LogP contribution in [0.3, 0.4) is 0 Å². The number of ketones is 1. The van der Waals surface area contributed by atoms with Crippen LogP contribution >= 0.6 is 11.6 Å². The average Bonchev–Trinajstić information content (AvgIpc) is 2.55. The Kier molecular flexibility index (Phi) is 6.98. The summed E-state index contributed by atoms with van der Waals surface area (Å²) in [7, 11) is 7.72. The van der Waals surface area contributed by atoms with Gasteiger partial charge in [-0.1, -0.05) is 29.8 Å². The van der Waals surface area contributed by atoms with Crippen LogP contribution in [0, 0.1) is 0 Å². The van der Waals surface area contributed by atoms with E-state index in [0.29, 0.717) is 23.7 Å². The molecule has 0 spiro atoms. The minimum Gasteiger partial charge on any atom is -0.507 e. The van der Waals surface area contributed by atoms with Gasteiger partial charge in [-0.25, -0.2) is 0 Å². The number of aromatic hydroxyl groups is 1. The number of rotatable bonds is 7. The lowest BCUT2D eigenvalue weighted by atomic mass is 10.00. The highest BCUT2D eigenvalue weighted by Gasteiger charge is 2.14. The van der Waals surface area contributed by atoms with Gasteiger partial charge in [0.1, 0.15) is 5.75 Å². The summed E-state index contributed by atoms with van der Waals surface area (Å²) >= 11 is 5.98. The highest BCUT2D eigenvalue weighted by Crippen LogP contribution is 2.27. The monoisotopic (exact) mass is 372 g/mol. The molecule has 2 aromatic carbocycles. The van der Waals surface area contributed by atoms with Crippen LogP contribution in [0.15, 0.2) is 42.5 Å². The summed E-state index contributed by atoms with van der Waals surface area (Å²) in [6.45, 7) is 1.12. The molecule has 0 fully saturated rings. The fraction of sp³-hybridized carbons (Fsp3) is 0.286. The largest absolute Gasteiger partial charge is 0.507 e. The number of hydrogen-bond acceptors (Lipinski definition) is 4. The van der Waals surface area contributed by atoms with Gasteiger partial charge >= 0.3 is 0 Å². The lowest BCUT2D eigenvalue weighted by Gasteiger charge is -2.17. The first-order chi connectivity index (χ1) is 12.3. The Balaban J connectivity index is 2.35. The summed E-state index contributed by atoms with van der Waals surface area (Å²) in [5.41, 5.74) is 2.92. The maximum Gasteiger partial charge on any atom is 0.185 e. The Hall–Kier alpha value is -2.14. The molecule has 0 aliphatic heterocycles. The molecule has 4 nitrogen and oxygen atoms in total. The molecule has 5 heteroatoms. The van der Waals surface area contributed by atoms with Crippen LogP contribution in [0.5, 0.6) is 5.75 Å². The van der Waals surface area contributed by atoms with E-state index < -0.39 is 0 Å². The van der Waals surface area contributed by atoms with Gasteiger partial charge in [0.15, 0.2) is 5.78 Å². The number of halogens is 1. The molecule has 138 valence electrons. The molecule has 0 heterocycles. The Morgan fingerprint density at radius 3 is 2.12 bits per heavy atom. The normalized spacial score (nSPS) is 11.7. The van der Waals surface area contributed by atoms with Crippen molar-refractivity contribution in [3.05, 3.63) is 69.8 Å². The number of nitrogens with zero attached hydrogens (tertiary/aromatic N) is 2. The van der Waals surface area contributed by atoms with Gasteiger partial charge < -0.3 is 14.9 Å². The van der Waals surface area contributed by atoms with Crippen molar-refractivity contribution in [2.24, 2.45) is 0 Å². The molecule has 0 amide bonds. The van der Waals surface area contributed by atoms with Crippen LogP contribution in [0.2, 0.25) is 5.02 Å². The standard InChI is InChI=1S/C21H25ClN2O2/c1-23(2)13-17-11-16(12-18(21(17)26)14-24(3)4)20(25)9-8-15-6-5-7-19(22)10-15/h5-12,26H,13-14H2,1-4H3/b9-8+. The van der Waals surface area contributed by atoms with Gasteiger partial charge in [-0.05, 0) is 64.1 Å². The first-order valence-corrected chi connectivity index (χ1v) is 8.76. The number of phenols is 1. The van der Waals surface area contributed by atoms with Gasteiger partial charge in [-0.2, -0.15) is 0 Å². The van der Waals surface area contributed by atoms with E-state index in [2.05, 4.69) is 0 Å². The molecule has 26 heavy (non-hydrogen) atoms. The third-order valence-electron chi connectivity index (χ3n) is 3.80. The highest BCUT2D eigenvalue weighted by molar-refractivity contribution is 6.30. The topological polar surface area (TPSA) is 43.8 Å². The third kappa shape index (κ3) is 5.70. The number of carbonyl (C=O) groups is 1. The Morgan fingerprint density at radius 1 is 1.04 bits per heavy atom. The average molecular weight is 373 g/mol. The Labute approximate surface area is 160 Å². The van der Waals surface area contributed by atoms with Crippen LogP contribution in [-0.2, 0) is 13.1 Å².